The third-order valence-electron chi connectivity index (χ3n) is 3.34. The summed E-state index contributed by atoms with van der Waals surface area (Å²) < 4.78 is 13.1. The smallest absolute Gasteiger partial charge is 0.125 e. The van der Waals surface area contributed by atoms with Crippen molar-refractivity contribution in [3.8, 4) is 0 Å². The molecular weight excluding hydrogens is 225 g/mol. The Kier molecular flexibility index (Phi) is 7.47. The summed E-state index contributed by atoms with van der Waals surface area (Å²) in [6.07, 6.45) is 8.82. The zero-order valence-electron chi connectivity index (χ0n) is 11.7. The fraction of sp³-hybridized carbons (Fsp3) is 0.625. The Hall–Kier alpha value is -1.05. The van der Waals surface area contributed by atoms with Gasteiger partial charge in [0.1, 0.15) is 5.82 Å². The van der Waals surface area contributed by atoms with Crippen LogP contribution in [0.4, 0.5) is 10.1 Å². The molecule has 1 N–H and O–H groups in total. The van der Waals surface area contributed by atoms with E-state index in [9.17, 15) is 4.39 Å². The van der Waals surface area contributed by atoms with Crippen LogP contribution in [0.1, 0.15) is 58.8 Å². The van der Waals surface area contributed by atoms with Crippen molar-refractivity contribution in [2.24, 2.45) is 0 Å². The highest BCUT2D eigenvalue weighted by atomic mass is 19.1. The standard InChI is InChI=1S/C16H26FN/c1-3-5-6-7-8-11-15(4-2)18-16-12-9-10-14(17)13-16/h9-10,12-13,15,18H,3-8,11H2,1-2H3. The summed E-state index contributed by atoms with van der Waals surface area (Å²) in [7, 11) is 0. The van der Waals surface area contributed by atoms with E-state index in [0.29, 0.717) is 6.04 Å². The summed E-state index contributed by atoms with van der Waals surface area (Å²) in [6.45, 7) is 4.42. The van der Waals surface area contributed by atoms with Crippen molar-refractivity contribution in [3.05, 3.63) is 30.1 Å². The molecule has 0 saturated carbocycles. The van der Waals surface area contributed by atoms with Gasteiger partial charge in [-0.2, -0.15) is 0 Å². The summed E-state index contributed by atoms with van der Waals surface area (Å²) in [5.41, 5.74) is 0.899. The molecule has 0 bridgehead atoms. The van der Waals surface area contributed by atoms with E-state index in [4.69, 9.17) is 0 Å². The van der Waals surface area contributed by atoms with Gasteiger partial charge in [-0.25, -0.2) is 4.39 Å². The maximum absolute atomic E-state index is 13.1. The first-order chi connectivity index (χ1) is 8.76. The SMILES string of the molecule is CCCCCCCC(CC)Nc1cccc(F)c1. The van der Waals surface area contributed by atoms with E-state index >= 15 is 0 Å². The Bertz CT molecular complexity index is 325. The molecule has 1 unspecified atom stereocenters. The summed E-state index contributed by atoms with van der Waals surface area (Å²) >= 11 is 0. The molecule has 0 aliphatic rings. The van der Waals surface area contributed by atoms with Gasteiger partial charge in [0.15, 0.2) is 0 Å². The van der Waals surface area contributed by atoms with Crippen molar-refractivity contribution < 1.29 is 4.39 Å². The number of nitrogens with one attached hydrogen (secondary N) is 1. The second kappa shape index (κ2) is 8.96. The van der Waals surface area contributed by atoms with Crippen LogP contribution in [0.2, 0.25) is 0 Å². The molecule has 0 fully saturated rings. The van der Waals surface area contributed by atoms with Gasteiger partial charge in [0.05, 0.1) is 0 Å². The molecule has 0 heterocycles. The van der Waals surface area contributed by atoms with Crippen LogP contribution < -0.4 is 5.32 Å². The highest BCUT2D eigenvalue weighted by Crippen LogP contribution is 2.16. The first kappa shape index (κ1) is 15.0. The summed E-state index contributed by atoms with van der Waals surface area (Å²) in [4.78, 5) is 0. The molecule has 0 saturated heterocycles. The monoisotopic (exact) mass is 251 g/mol. The van der Waals surface area contributed by atoms with Crippen molar-refractivity contribution in [2.75, 3.05) is 5.32 Å². The van der Waals surface area contributed by atoms with Gasteiger partial charge in [0.2, 0.25) is 0 Å². The molecule has 0 spiro atoms. The van der Waals surface area contributed by atoms with Crippen LogP contribution in [-0.4, -0.2) is 6.04 Å². The second-order valence-electron chi connectivity index (χ2n) is 4.96. The van der Waals surface area contributed by atoms with Crippen LogP contribution in [0.3, 0.4) is 0 Å². The summed E-state index contributed by atoms with van der Waals surface area (Å²) in [5.74, 6) is -0.169. The van der Waals surface area contributed by atoms with Crippen LogP contribution >= 0.6 is 0 Å². The minimum absolute atomic E-state index is 0.169. The molecule has 1 aromatic rings. The number of anilines is 1. The van der Waals surface area contributed by atoms with Crippen LogP contribution in [-0.2, 0) is 0 Å². The molecule has 1 atom stereocenters. The van der Waals surface area contributed by atoms with Crippen molar-refractivity contribution >= 4 is 5.69 Å². The minimum atomic E-state index is -0.169. The fourth-order valence-electron chi connectivity index (χ4n) is 2.19. The lowest BCUT2D eigenvalue weighted by atomic mass is 10.0. The van der Waals surface area contributed by atoms with Crippen LogP contribution in [0.25, 0.3) is 0 Å². The largest absolute Gasteiger partial charge is 0.382 e. The van der Waals surface area contributed by atoms with Crippen molar-refractivity contribution in [2.45, 2.75) is 64.8 Å². The third kappa shape index (κ3) is 6.04. The maximum atomic E-state index is 13.1. The fourth-order valence-corrected chi connectivity index (χ4v) is 2.19. The highest BCUT2D eigenvalue weighted by Gasteiger charge is 2.06. The first-order valence-electron chi connectivity index (χ1n) is 7.28. The molecule has 0 aliphatic heterocycles. The number of rotatable bonds is 9. The van der Waals surface area contributed by atoms with E-state index in [0.717, 1.165) is 12.1 Å². The Morgan fingerprint density at radius 2 is 1.89 bits per heavy atom. The maximum Gasteiger partial charge on any atom is 0.125 e. The predicted octanol–water partition coefficient (Wildman–Crippen LogP) is 5.38. The van der Waals surface area contributed by atoms with Gasteiger partial charge in [-0.05, 0) is 31.0 Å². The number of hydrogen-bond acceptors (Lipinski definition) is 1. The number of unbranched alkanes of at least 4 members (excludes halogenated alkanes) is 4. The molecular formula is C16H26FN. The first-order valence-corrected chi connectivity index (χ1v) is 7.28. The Morgan fingerprint density at radius 1 is 1.11 bits per heavy atom. The van der Waals surface area contributed by atoms with Crippen LogP contribution in [0.5, 0.6) is 0 Å². The molecule has 1 aromatic carbocycles. The van der Waals surface area contributed by atoms with Crippen LogP contribution in [0.15, 0.2) is 24.3 Å². The number of halogens is 1. The molecule has 0 aromatic heterocycles. The van der Waals surface area contributed by atoms with Gasteiger partial charge in [-0.15, -0.1) is 0 Å². The average Bonchev–Trinajstić information content (AvgIpc) is 2.37. The van der Waals surface area contributed by atoms with E-state index < -0.39 is 0 Å². The van der Waals surface area contributed by atoms with Gasteiger partial charge >= 0.3 is 0 Å². The van der Waals surface area contributed by atoms with Crippen molar-refractivity contribution in [3.63, 3.8) is 0 Å². The van der Waals surface area contributed by atoms with Gasteiger partial charge in [-0.3, -0.25) is 0 Å². The molecule has 1 nitrogen and oxygen atoms in total. The molecule has 0 amide bonds. The highest BCUT2D eigenvalue weighted by molar-refractivity contribution is 5.43. The van der Waals surface area contributed by atoms with E-state index in [1.807, 2.05) is 6.07 Å². The number of benzene rings is 1. The molecule has 0 radical (unpaired) electrons. The summed E-state index contributed by atoms with van der Waals surface area (Å²) in [5, 5.41) is 3.42. The summed E-state index contributed by atoms with van der Waals surface area (Å²) in [6, 6.07) is 7.21. The van der Waals surface area contributed by atoms with Gasteiger partial charge in [0, 0.05) is 11.7 Å². The third-order valence-corrected chi connectivity index (χ3v) is 3.34. The van der Waals surface area contributed by atoms with Crippen LogP contribution in [0, 0.1) is 5.82 Å². The molecule has 2 heteroatoms. The minimum Gasteiger partial charge on any atom is -0.382 e. The average molecular weight is 251 g/mol. The van der Waals surface area contributed by atoms with Gasteiger partial charge in [0.25, 0.3) is 0 Å². The molecule has 1 rings (SSSR count). The normalized spacial score (nSPS) is 12.4. The Balaban J connectivity index is 2.28. The second-order valence-corrected chi connectivity index (χ2v) is 4.96. The van der Waals surface area contributed by atoms with Crippen molar-refractivity contribution in [1.82, 2.24) is 0 Å². The lowest BCUT2D eigenvalue weighted by Crippen LogP contribution is -2.18. The zero-order valence-corrected chi connectivity index (χ0v) is 11.7. The van der Waals surface area contributed by atoms with E-state index in [1.165, 1.54) is 44.6 Å². The Morgan fingerprint density at radius 3 is 2.56 bits per heavy atom. The lowest BCUT2D eigenvalue weighted by molar-refractivity contribution is 0.551. The molecule has 18 heavy (non-hydrogen) atoms. The number of hydrogen-bond donors (Lipinski definition) is 1. The van der Waals surface area contributed by atoms with E-state index in [1.54, 1.807) is 12.1 Å². The van der Waals surface area contributed by atoms with E-state index in [2.05, 4.69) is 19.2 Å². The zero-order chi connectivity index (χ0) is 13.2. The quantitative estimate of drug-likeness (QED) is 0.581. The van der Waals surface area contributed by atoms with Gasteiger partial charge < -0.3 is 5.32 Å². The van der Waals surface area contributed by atoms with Crippen molar-refractivity contribution in [1.29, 1.82) is 0 Å². The molecule has 0 aliphatic carbocycles. The lowest BCUT2D eigenvalue weighted by Gasteiger charge is -2.18. The topological polar surface area (TPSA) is 12.0 Å². The molecule has 102 valence electrons. The van der Waals surface area contributed by atoms with Gasteiger partial charge in [-0.1, -0.05) is 52.0 Å². The van der Waals surface area contributed by atoms with E-state index in [-0.39, 0.29) is 5.82 Å². The Labute approximate surface area is 111 Å². The predicted molar refractivity (Wildman–Crippen MR) is 77.5 cm³/mol.